The molecule has 2 aromatic rings. The van der Waals surface area contributed by atoms with Crippen LogP contribution >= 0.6 is 0 Å². The van der Waals surface area contributed by atoms with E-state index >= 15 is 0 Å². The van der Waals surface area contributed by atoms with Gasteiger partial charge in [0.15, 0.2) is 0 Å². The quantitative estimate of drug-likeness (QED) is 0.471. The fraction of sp³-hybridized carbons (Fsp3) is 0.308. The highest BCUT2D eigenvalue weighted by molar-refractivity contribution is 5.61. The standard InChI is InChI=1S/C13H18N6O2/c1-17(9-13-15-5-6-18(13)2)8-10-3-4-11(16-14)12(7-10)19(20)21/h3-7,16H,8-9,14H2,1-2H3. The normalized spacial score (nSPS) is 10.9. The molecule has 0 amide bonds. The van der Waals surface area contributed by atoms with Gasteiger partial charge in [0.05, 0.1) is 11.5 Å². The van der Waals surface area contributed by atoms with Crippen molar-refractivity contribution in [3.8, 4) is 0 Å². The lowest BCUT2D eigenvalue weighted by atomic mass is 10.1. The molecule has 0 saturated carbocycles. The minimum absolute atomic E-state index is 0.0274. The van der Waals surface area contributed by atoms with Gasteiger partial charge in [-0.05, 0) is 18.7 Å². The molecule has 0 aliphatic rings. The van der Waals surface area contributed by atoms with Crippen molar-refractivity contribution in [1.29, 1.82) is 0 Å². The first-order chi connectivity index (χ1) is 10.0. The molecule has 21 heavy (non-hydrogen) atoms. The Morgan fingerprint density at radius 3 is 2.81 bits per heavy atom. The lowest BCUT2D eigenvalue weighted by molar-refractivity contribution is -0.384. The molecular weight excluding hydrogens is 272 g/mol. The summed E-state index contributed by atoms with van der Waals surface area (Å²) in [5.74, 6) is 6.21. The van der Waals surface area contributed by atoms with E-state index in [1.165, 1.54) is 6.07 Å². The summed E-state index contributed by atoms with van der Waals surface area (Å²) in [7, 11) is 3.87. The largest absolute Gasteiger partial charge is 0.337 e. The molecule has 1 aromatic heterocycles. The van der Waals surface area contributed by atoms with Crippen molar-refractivity contribution in [3.05, 3.63) is 52.1 Å². The second kappa shape index (κ2) is 6.33. The third kappa shape index (κ3) is 3.56. The molecule has 112 valence electrons. The summed E-state index contributed by atoms with van der Waals surface area (Å²) in [5.41, 5.74) is 3.45. The second-order valence-corrected chi connectivity index (χ2v) is 4.88. The molecule has 0 aliphatic heterocycles. The minimum atomic E-state index is -0.447. The smallest absolute Gasteiger partial charge is 0.293 e. The molecule has 0 atom stereocenters. The number of nitrogens with zero attached hydrogens (tertiary/aromatic N) is 4. The Kier molecular flexibility index (Phi) is 4.51. The van der Waals surface area contributed by atoms with Gasteiger partial charge in [-0.15, -0.1) is 0 Å². The van der Waals surface area contributed by atoms with Gasteiger partial charge in [-0.1, -0.05) is 6.07 Å². The zero-order valence-electron chi connectivity index (χ0n) is 12.0. The van der Waals surface area contributed by atoms with E-state index in [2.05, 4.69) is 10.4 Å². The van der Waals surface area contributed by atoms with Crippen molar-refractivity contribution >= 4 is 11.4 Å². The molecule has 0 radical (unpaired) electrons. The molecule has 1 heterocycles. The lowest BCUT2D eigenvalue weighted by Gasteiger charge is -2.16. The Labute approximate surface area is 122 Å². The summed E-state index contributed by atoms with van der Waals surface area (Å²) in [6, 6.07) is 4.96. The van der Waals surface area contributed by atoms with Gasteiger partial charge in [0.25, 0.3) is 5.69 Å². The number of nitrogens with two attached hydrogens (primary N) is 1. The van der Waals surface area contributed by atoms with Gasteiger partial charge in [0.2, 0.25) is 0 Å². The van der Waals surface area contributed by atoms with Crippen molar-refractivity contribution in [2.75, 3.05) is 12.5 Å². The number of nitro groups is 1. The third-order valence-electron chi connectivity index (χ3n) is 3.20. The first-order valence-corrected chi connectivity index (χ1v) is 6.40. The highest BCUT2D eigenvalue weighted by Gasteiger charge is 2.14. The Morgan fingerprint density at radius 1 is 1.48 bits per heavy atom. The number of rotatable bonds is 6. The molecule has 0 aliphatic carbocycles. The molecule has 8 heteroatoms. The summed E-state index contributed by atoms with van der Waals surface area (Å²) >= 11 is 0. The number of nitro benzene ring substituents is 1. The topological polar surface area (TPSA) is 102 Å². The lowest BCUT2D eigenvalue weighted by Crippen LogP contribution is -2.19. The number of aryl methyl sites for hydroxylation is 1. The summed E-state index contributed by atoms with van der Waals surface area (Å²) in [6.07, 6.45) is 3.63. The first kappa shape index (κ1) is 14.9. The number of nitrogens with one attached hydrogen (secondary N) is 1. The second-order valence-electron chi connectivity index (χ2n) is 4.88. The molecule has 0 bridgehead atoms. The molecule has 3 N–H and O–H groups in total. The van der Waals surface area contributed by atoms with Crippen molar-refractivity contribution in [3.63, 3.8) is 0 Å². The highest BCUT2D eigenvalue weighted by atomic mass is 16.6. The van der Waals surface area contributed by atoms with Crippen LogP contribution in [0.4, 0.5) is 11.4 Å². The number of hydrogen-bond donors (Lipinski definition) is 2. The van der Waals surface area contributed by atoms with Crippen molar-refractivity contribution in [1.82, 2.24) is 14.5 Å². The maximum Gasteiger partial charge on any atom is 0.293 e. The SMILES string of the molecule is CN(Cc1ccc(NN)c([N+](=O)[O-])c1)Cc1nccn1C. The van der Waals surface area contributed by atoms with Crippen LogP contribution in [0.1, 0.15) is 11.4 Å². The van der Waals surface area contributed by atoms with E-state index in [9.17, 15) is 10.1 Å². The number of anilines is 1. The molecular formula is C13H18N6O2. The number of imidazole rings is 1. The number of benzene rings is 1. The van der Waals surface area contributed by atoms with Gasteiger partial charge in [-0.2, -0.15) is 0 Å². The van der Waals surface area contributed by atoms with Crippen LogP contribution in [0.25, 0.3) is 0 Å². The molecule has 2 rings (SSSR count). The average Bonchev–Trinajstić information content (AvgIpc) is 2.84. The van der Waals surface area contributed by atoms with Crippen molar-refractivity contribution in [2.45, 2.75) is 13.1 Å². The maximum absolute atomic E-state index is 11.0. The monoisotopic (exact) mass is 290 g/mol. The minimum Gasteiger partial charge on any atom is -0.337 e. The third-order valence-corrected chi connectivity index (χ3v) is 3.20. The van der Waals surface area contributed by atoms with Crippen LogP contribution in [-0.2, 0) is 20.1 Å². The fourth-order valence-corrected chi connectivity index (χ4v) is 2.11. The number of hydrazine groups is 1. The summed E-state index contributed by atoms with van der Waals surface area (Å²) in [5, 5.41) is 11.0. The maximum atomic E-state index is 11.0. The van der Waals surface area contributed by atoms with Gasteiger partial charge in [0.1, 0.15) is 11.5 Å². The Hall–Kier alpha value is -2.45. The fourth-order valence-electron chi connectivity index (χ4n) is 2.11. The van der Waals surface area contributed by atoms with Gasteiger partial charge >= 0.3 is 0 Å². The predicted octanol–water partition coefficient (Wildman–Crippen LogP) is 1.25. The van der Waals surface area contributed by atoms with E-state index in [4.69, 9.17) is 5.84 Å². The van der Waals surface area contributed by atoms with E-state index in [1.54, 1.807) is 12.3 Å². The Bertz CT molecular complexity index is 639. The summed E-state index contributed by atoms with van der Waals surface area (Å²) < 4.78 is 1.94. The number of nitrogen functional groups attached to an aromatic ring is 1. The molecule has 1 aromatic carbocycles. The molecule has 0 saturated heterocycles. The number of aromatic nitrogens is 2. The zero-order valence-corrected chi connectivity index (χ0v) is 12.0. The van der Waals surface area contributed by atoms with E-state index < -0.39 is 4.92 Å². The predicted molar refractivity (Wildman–Crippen MR) is 79.3 cm³/mol. The van der Waals surface area contributed by atoms with Gasteiger partial charge in [0, 0.05) is 32.1 Å². The van der Waals surface area contributed by atoms with Crippen LogP contribution in [0.3, 0.4) is 0 Å². The van der Waals surface area contributed by atoms with Crippen LogP contribution in [0.5, 0.6) is 0 Å². The number of hydrogen-bond acceptors (Lipinski definition) is 6. The van der Waals surface area contributed by atoms with Crippen LogP contribution < -0.4 is 11.3 Å². The van der Waals surface area contributed by atoms with E-state index in [-0.39, 0.29) is 5.69 Å². The van der Waals surface area contributed by atoms with Gasteiger partial charge < -0.3 is 9.99 Å². The molecule has 8 nitrogen and oxygen atoms in total. The van der Waals surface area contributed by atoms with E-state index in [0.29, 0.717) is 18.8 Å². The van der Waals surface area contributed by atoms with Crippen molar-refractivity contribution < 1.29 is 4.92 Å². The van der Waals surface area contributed by atoms with E-state index in [0.717, 1.165) is 11.4 Å². The average molecular weight is 290 g/mol. The van der Waals surface area contributed by atoms with Crippen molar-refractivity contribution in [2.24, 2.45) is 12.9 Å². The van der Waals surface area contributed by atoms with Gasteiger partial charge in [-0.3, -0.25) is 20.9 Å². The zero-order chi connectivity index (χ0) is 15.4. The van der Waals surface area contributed by atoms with Crippen LogP contribution in [0.15, 0.2) is 30.6 Å². The summed E-state index contributed by atoms with van der Waals surface area (Å²) in [6.45, 7) is 1.24. The van der Waals surface area contributed by atoms with Gasteiger partial charge in [-0.25, -0.2) is 4.98 Å². The first-order valence-electron chi connectivity index (χ1n) is 6.40. The molecule has 0 spiro atoms. The Morgan fingerprint density at radius 2 is 2.24 bits per heavy atom. The van der Waals surface area contributed by atoms with E-state index in [1.807, 2.05) is 35.8 Å². The van der Waals surface area contributed by atoms with Crippen LogP contribution in [0.2, 0.25) is 0 Å². The molecule has 0 fully saturated rings. The van der Waals surface area contributed by atoms with Crippen LogP contribution in [0, 0.1) is 10.1 Å². The highest BCUT2D eigenvalue weighted by Crippen LogP contribution is 2.25. The summed E-state index contributed by atoms with van der Waals surface area (Å²) in [4.78, 5) is 16.9. The molecule has 0 unspecified atom stereocenters. The van der Waals surface area contributed by atoms with Crippen LogP contribution in [-0.4, -0.2) is 26.4 Å². The Balaban J connectivity index is 2.10.